The molecule has 0 amide bonds. The summed E-state index contributed by atoms with van der Waals surface area (Å²) in [6.45, 7) is 8.56. The molecule has 1 aromatic carbocycles. The van der Waals surface area contributed by atoms with Gasteiger partial charge in [0, 0.05) is 18.9 Å². The first-order chi connectivity index (χ1) is 7.93. The lowest BCUT2D eigenvalue weighted by Crippen LogP contribution is -2.59. The molecular weight excluding hydrogens is 232 g/mol. The molecule has 1 aromatic rings. The van der Waals surface area contributed by atoms with E-state index in [0.717, 1.165) is 5.19 Å². The molecule has 0 spiro atoms. The highest BCUT2D eigenvalue weighted by Crippen LogP contribution is 2.18. The van der Waals surface area contributed by atoms with Crippen molar-refractivity contribution in [2.24, 2.45) is 0 Å². The van der Waals surface area contributed by atoms with Crippen molar-refractivity contribution in [3.05, 3.63) is 30.3 Å². The molecule has 0 N–H and O–H groups in total. The molecule has 3 nitrogen and oxygen atoms in total. The summed E-state index contributed by atoms with van der Waals surface area (Å²) >= 11 is 0. The molecule has 0 radical (unpaired) electrons. The minimum absolute atomic E-state index is 0.298. The number of benzene rings is 1. The van der Waals surface area contributed by atoms with Crippen LogP contribution in [0.1, 0.15) is 27.7 Å². The molecule has 0 aliphatic carbocycles. The summed E-state index contributed by atoms with van der Waals surface area (Å²) in [5.74, 6) is 0. The van der Waals surface area contributed by atoms with E-state index in [1.807, 2.05) is 58.0 Å². The summed E-state index contributed by atoms with van der Waals surface area (Å²) in [6.07, 6.45) is 0. The third-order valence-electron chi connectivity index (χ3n) is 2.17. The van der Waals surface area contributed by atoms with Gasteiger partial charge in [0.25, 0.3) is 0 Å². The summed E-state index contributed by atoms with van der Waals surface area (Å²) in [4.78, 5) is 0. The van der Waals surface area contributed by atoms with Crippen LogP contribution in [0.25, 0.3) is 0 Å². The van der Waals surface area contributed by atoms with Crippen LogP contribution in [-0.4, -0.2) is 28.1 Å². The minimum Gasteiger partial charge on any atom is -0.373 e. The van der Waals surface area contributed by atoms with Gasteiger partial charge in [0.2, 0.25) is 0 Å². The van der Waals surface area contributed by atoms with Crippen LogP contribution >= 0.6 is 0 Å². The maximum Gasteiger partial charge on any atom is 0.537 e. The second kappa shape index (κ2) is 5.77. The van der Waals surface area contributed by atoms with Crippen LogP contribution in [0.5, 0.6) is 0 Å². The largest absolute Gasteiger partial charge is 0.537 e. The first kappa shape index (κ1) is 14.4. The predicted molar refractivity (Wildman–Crippen MR) is 71.3 cm³/mol. The van der Waals surface area contributed by atoms with E-state index in [-0.39, 0.29) is 5.60 Å². The fourth-order valence-electron chi connectivity index (χ4n) is 1.63. The van der Waals surface area contributed by atoms with Gasteiger partial charge in [-0.1, -0.05) is 30.3 Å². The lowest BCUT2D eigenvalue weighted by atomic mass is 10.2. The molecule has 0 bridgehead atoms. The Morgan fingerprint density at radius 3 is 2.12 bits per heavy atom. The summed E-state index contributed by atoms with van der Waals surface area (Å²) in [5.41, 5.74) is -0.298. The Hall–Kier alpha value is -0.683. The second-order valence-corrected chi connectivity index (χ2v) is 7.36. The van der Waals surface area contributed by atoms with Gasteiger partial charge in [0.15, 0.2) is 0 Å². The normalized spacial score (nSPS) is 15.6. The van der Waals surface area contributed by atoms with Crippen LogP contribution in [-0.2, 0) is 13.3 Å². The first-order valence-corrected chi connectivity index (χ1v) is 7.61. The molecule has 1 unspecified atom stereocenters. The Balaban J connectivity index is 3.09. The molecule has 17 heavy (non-hydrogen) atoms. The van der Waals surface area contributed by atoms with Gasteiger partial charge < -0.3 is 13.3 Å². The van der Waals surface area contributed by atoms with Crippen LogP contribution in [0, 0.1) is 0 Å². The van der Waals surface area contributed by atoms with Crippen LogP contribution in [0.2, 0.25) is 0 Å². The Kier molecular flexibility index (Phi) is 4.88. The van der Waals surface area contributed by atoms with Crippen molar-refractivity contribution >= 4 is 14.0 Å². The highest BCUT2D eigenvalue weighted by atomic mass is 28.4. The van der Waals surface area contributed by atoms with Crippen LogP contribution < -0.4 is 5.19 Å². The molecule has 0 aliphatic heterocycles. The molecule has 0 saturated carbocycles. The zero-order valence-electron chi connectivity index (χ0n) is 11.3. The van der Waals surface area contributed by atoms with Crippen molar-refractivity contribution in [1.82, 2.24) is 0 Å². The van der Waals surface area contributed by atoms with Crippen LogP contribution in [0.4, 0.5) is 0 Å². The van der Waals surface area contributed by atoms with Gasteiger partial charge in [-0.25, -0.2) is 0 Å². The van der Waals surface area contributed by atoms with E-state index in [9.17, 15) is 0 Å². The molecule has 1 rings (SSSR count). The molecule has 0 fully saturated rings. The Morgan fingerprint density at radius 2 is 1.71 bits per heavy atom. The van der Waals surface area contributed by atoms with Crippen molar-refractivity contribution in [3.63, 3.8) is 0 Å². The summed E-state index contributed by atoms with van der Waals surface area (Å²) in [6, 6.07) is 9.91. The van der Waals surface area contributed by atoms with E-state index in [0.29, 0.717) is 6.61 Å². The van der Waals surface area contributed by atoms with Gasteiger partial charge >= 0.3 is 8.80 Å². The summed E-state index contributed by atoms with van der Waals surface area (Å²) in [7, 11) is -1.13. The van der Waals surface area contributed by atoms with E-state index < -0.39 is 8.80 Å². The number of rotatable bonds is 5. The lowest BCUT2D eigenvalue weighted by Gasteiger charge is -2.34. The predicted octanol–water partition coefficient (Wildman–Crippen LogP) is 2.33. The topological polar surface area (TPSA) is 27.7 Å². The van der Waals surface area contributed by atoms with Gasteiger partial charge in [-0.2, -0.15) is 0 Å². The van der Waals surface area contributed by atoms with Crippen molar-refractivity contribution in [1.29, 1.82) is 0 Å². The molecule has 0 aliphatic rings. The van der Waals surface area contributed by atoms with Crippen molar-refractivity contribution < 1.29 is 13.3 Å². The Morgan fingerprint density at radius 1 is 1.12 bits per heavy atom. The molecule has 0 aromatic heterocycles. The fourth-order valence-corrected chi connectivity index (χ4v) is 4.19. The van der Waals surface area contributed by atoms with Gasteiger partial charge in [-0.15, -0.1) is 0 Å². The van der Waals surface area contributed by atoms with Gasteiger partial charge in [0.1, 0.15) is 0 Å². The average Bonchev–Trinajstić information content (AvgIpc) is 2.28. The van der Waals surface area contributed by atoms with Crippen LogP contribution in [0.3, 0.4) is 0 Å². The molecule has 96 valence electrons. The quantitative estimate of drug-likeness (QED) is 0.755. The van der Waals surface area contributed by atoms with Crippen LogP contribution in [0.15, 0.2) is 30.3 Å². The Labute approximate surface area is 105 Å². The standard InChI is InChI=1S/C13H22O3Si/c1-6-15-17(14-5,16-13(2,3)4)12-10-8-7-9-11-12/h7-11H,6H2,1-5H3. The molecule has 1 atom stereocenters. The second-order valence-electron chi connectivity index (χ2n) is 4.77. The van der Waals surface area contributed by atoms with Gasteiger partial charge in [0.05, 0.1) is 5.60 Å². The number of hydrogen-bond donors (Lipinski definition) is 0. The molecule has 0 heterocycles. The van der Waals surface area contributed by atoms with E-state index in [1.165, 1.54) is 0 Å². The summed E-state index contributed by atoms with van der Waals surface area (Å²) in [5, 5.41) is 0.999. The monoisotopic (exact) mass is 254 g/mol. The Bertz CT molecular complexity index is 334. The van der Waals surface area contributed by atoms with E-state index >= 15 is 0 Å². The van der Waals surface area contributed by atoms with Crippen molar-refractivity contribution in [2.75, 3.05) is 13.7 Å². The summed E-state index contributed by atoms with van der Waals surface area (Å²) < 4.78 is 17.6. The average molecular weight is 254 g/mol. The zero-order valence-corrected chi connectivity index (χ0v) is 12.3. The highest BCUT2D eigenvalue weighted by Gasteiger charge is 2.45. The smallest absolute Gasteiger partial charge is 0.373 e. The SMILES string of the molecule is CCO[Si](OC)(OC(C)(C)C)c1ccccc1. The van der Waals surface area contributed by atoms with E-state index in [2.05, 4.69) is 0 Å². The van der Waals surface area contributed by atoms with Gasteiger partial charge in [-0.05, 0) is 27.7 Å². The first-order valence-electron chi connectivity index (χ1n) is 5.88. The molecular formula is C13H22O3Si. The maximum atomic E-state index is 6.10. The molecule has 0 saturated heterocycles. The fraction of sp³-hybridized carbons (Fsp3) is 0.538. The lowest BCUT2D eigenvalue weighted by molar-refractivity contribution is 0.0188. The van der Waals surface area contributed by atoms with E-state index in [4.69, 9.17) is 13.3 Å². The maximum absolute atomic E-state index is 6.10. The molecule has 4 heteroatoms. The van der Waals surface area contributed by atoms with Gasteiger partial charge in [-0.3, -0.25) is 0 Å². The highest BCUT2D eigenvalue weighted by molar-refractivity contribution is 6.75. The third-order valence-corrected chi connectivity index (χ3v) is 5.30. The van der Waals surface area contributed by atoms with Crippen molar-refractivity contribution in [3.8, 4) is 0 Å². The van der Waals surface area contributed by atoms with E-state index in [1.54, 1.807) is 7.11 Å². The zero-order chi connectivity index (χ0) is 12.9. The van der Waals surface area contributed by atoms with Crippen molar-refractivity contribution in [2.45, 2.75) is 33.3 Å². The minimum atomic E-state index is -2.78. The third kappa shape index (κ3) is 3.92. The number of hydrogen-bond acceptors (Lipinski definition) is 3.